The van der Waals surface area contributed by atoms with Crippen molar-refractivity contribution in [2.45, 2.75) is 38.5 Å². The molecule has 1 aliphatic rings. The third-order valence-electron chi connectivity index (χ3n) is 3.81. The van der Waals surface area contributed by atoms with E-state index in [1.807, 2.05) is 7.05 Å². The largest absolute Gasteiger partial charge is 0.347 e. The second kappa shape index (κ2) is 8.91. The highest BCUT2D eigenvalue weighted by Gasteiger charge is 2.16. The van der Waals surface area contributed by atoms with E-state index in [2.05, 4.69) is 10.6 Å². The van der Waals surface area contributed by atoms with Crippen molar-refractivity contribution in [2.75, 3.05) is 33.7 Å². The molecule has 19 heavy (non-hydrogen) atoms. The summed E-state index contributed by atoms with van der Waals surface area (Å²) in [5, 5.41) is 5.70. The molecule has 1 aliphatic carbocycles. The zero-order chi connectivity index (χ0) is 14.1. The summed E-state index contributed by atoms with van der Waals surface area (Å²) in [6.45, 7) is 1.54. The highest BCUT2D eigenvalue weighted by Crippen LogP contribution is 2.28. The summed E-state index contributed by atoms with van der Waals surface area (Å²) in [4.78, 5) is 25.0. The summed E-state index contributed by atoms with van der Waals surface area (Å²) in [5.41, 5.74) is 0. The molecule has 0 atom stereocenters. The molecule has 2 amide bonds. The lowest BCUT2D eigenvalue weighted by Crippen LogP contribution is -2.40. The van der Waals surface area contributed by atoms with Gasteiger partial charge >= 0.3 is 0 Å². The topological polar surface area (TPSA) is 61.4 Å². The van der Waals surface area contributed by atoms with Gasteiger partial charge in [-0.1, -0.05) is 25.7 Å². The lowest BCUT2D eigenvalue weighted by atomic mass is 10.0. The van der Waals surface area contributed by atoms with E-state index in [1.54, 1.807) is 11.9 Å². The maximum absolute atomic E-state index is 11.7. The van der Waals surface area contributed by atoms with Crippen LogP contribution in [0, 0.1) is 5.92 Å². The monoisotopic (exact) mass is 269 g/mol. The number of carbonyl (C=O) groups excluding carboxylic acids is 2. The van der Waals surface area contributed by atoms with Crippen LogP contribution in [0.2, 0.25) is 0 Å². The van der Waals surface area contributed by atoms with Gasteiger partial charge in [-0.3, -0.25) is 9.59 Å². The smallest absolute Gasteiger partial charge is 0.241 e. The number of amides is 2. The fourth-order valence-electron chi connectivity index (χ4n) is 2.44. The molecule has 0 saturated heterocycles. The number of carbonyl (C=O) groups is 2. The zero-order valence-corrected chi connectivity index (χ0v) is 12.2. The van der Waals surface area contributed by atoms with Crippen LogP contribution < -0.4 is 10.6 Å². The molecular weight excluding hydrogens is 242 g/mol. The molecule has 1 rings (SSSR count). The van der Waals surface area contributed by atoms with Gasteiger partial charge in [-0.15, -0.1) is 0 Å². The van der Waals surface area contributed by atoms with Gasteiger partial charge in [0.15, 0.2) is 0 Å². The molecule has 0 heterocycles. The van der Waals surface area contributed by atoms with E-state index in [0.29, 0.717) is 13.0 Å². The summed E-state index contributed by atoms with van der Waals surface area (Å²) in [7, 11) is 3.60. The van der Waals surface area contributed by atoms with Gasteiger partial charge in [0.25, 0.3) is 0 Å². The number of nitrogens with one attached hydrogen (secondary N) is 2. The molecule has 0 bridgehead atoms. The Labute approximate surface area is 116 Å². The van der Waals surface area contributed by atoms with Gasteiger partial charge in [0, 0.05) is 26.6 Å². The van der Waals surface area contributed by atoms with E-state index in [0.717, 1.165) is 18.9 Å². The summed E-state index contributed by atoms with van der Waals surface area (Å²) in [6.07, 6.45) is 6.66. The van der Waals surface area contributed by atoms with Crippen molar-refractivity contribution in [1.29, 1.82) is 0 Å². The molecule has 2 N–H and O–H groups in total. The first-order valence-electron chi connectivity index (χ1n) is 7.28. The summed E-state index contributed by atoms with van der Waals surface area (Å²) in [6, 6.07) is 0. The fraction of sp³-hybridized carbons (Fsp3) is 0.857. The first-order chi connectivity index (χ1) is 9.13. The minimum atomic E-state index is -0.0375. The molecule has 110 valence electrons. The van der Waals surface area contributed by atoms with E-state index < -0.39 is 0 Å². The predicted octanol–water partition coefficient (Wildman–Crippen LogP) is 0.751. The van der Waals surface area contributed by atoms with Crippen molar-refractivity contribution in [3.8, 4) is 0 Å². The van der Waals surface area contributed by atoms with E-state index in [9.17, 15) is 9.59 Å². The van der Waals surface area contributed by atoms with Crippen molar-refractivity contribution in [3.05, 3.63) is 0 Å². The molecule has 5 nitrogen and oxygen atoms in total. The van der Waals surface area contributed by atoms with Crippen LogP contribution in [0.4, 0.5) is 0 Å². The molecule has 1 fully saturated rings. The van der Waals surface area contributed by atoms with Crippen molar-refractivity contribution < 1.29 is 9.59 Å². The van der Waals surface area contributed by atoms with Crippen LogP contribution in [0.1, 0.15) is 38.5 Å². The molecule has 0 radical (unpaired) electrons. The average Bonchev–Trinajstić information content (AvgIpc) is 2.92. The van der Waals surface area contributed by atoms with Crippen molar-refractivity contribution >= 4 is 11.8 Å². The van der Waals surface area contributed by atoms with Gasteiger partial charge in [0.2, 0.25) is 11.8 Å². The van der Waals surface area contributed by atoms with Crippen molar-refractivity contribution in [2.24, 2.45) is 5.92 Å². The maximum atomic E-state index is 11.7. The van der Waals surface area contributed by atoms with Crippen LogP contribution in [-0.2, 0) is 9.59 Å². The van der Waals surface area contributed by atoms with Crippen LogP contribution in [0.5, 0.6) is 0 Å². The van der Waals surface area contributed by atoms with Gasteiger partial charge in [0.1, 0.15) is 0 Å². The van der Waals surface area contributed by atoms with Crippen LogP contribution >= 0.6 is 0 Å². The Morgan fingerprint density at radius 3 is 2.58 bits per heavy atom. The average molecular weight is 269 g/mol. The number of hydrogen-bond acceptors (Lipinski definition) is 3. The summed E-state index contributed by atoms with van der Waals surface area (Å²) < 4.78 is 0. The number of rotatable bonds is 8. The Morgan fingerprint density at radius 2 is 1.95 bits per heavy atom. The second-order valence-electron chi connectivity index (χ2n) is 5.38. The van der Waals surface area contributed by atoms with Crippen LogP contribution in [0.15, 0.2) is 0 Å². The van der Waals surface area contributed by atoms with Crippen LogP contribution in [-0.4, -0.2) is 50.4 Å². The second-order valence-corrected chi connectivity index (χ2v) is 5.38. The van der Waals surface area contributed by atoms with Gasteiger partial charge < -0.3 is 15.5 Å². The van der Waals surface area contributed by atoms with Crippen molar-refractivity contribution in [3.63, 3.8) is 0 Å². The Hall–Kier alpha value is -1.10. The van der Waals surface area contributed by atoms with E-state index in [1.165, 1.54) is 25.7 Å². The lowest BCUT2D eigenvalue weighted by molar-refractivity contribution is -0.131. The Balaban J connectivity index is 2.09. The van der Waals surface area contributed by atoms with Gasteiger partial charge in [-0.2, -0.15) is 0 Å². The van der Waals surface area contributed by atoms with Gasteiger partial charge in [-0.05, 0) is 19.4 Å². The minimum Gasteiger partial charge on any atom is -0.347 e. The standard InChI is InChI=1S/C14H27N3O2/c1-15-9-10-17(2)14(19)11-16-13(18)8-7-12-5-3-4-6-12/h12,15H,3-11H2,1-2H3,(H,16,18). The number of nitrogens with zero attached hydrogens (tertiary/aromatic N) is 1. The van der Waals surface area contributed by atoms with Crippen molar-refractivity contribution in [1.82, 2.24) is 15.5 Å². The van der Waals surface area contributed by atoms with Gasteiger partial charge in [-0.25, -0.2) is 0 Å². The van der Waals surface area contributed by atoms with Crippen LogP contribution in [0.3, 0.4) is 0 Å². The Morgan fingerprint density at radius 1 is 1.26 bits per heavy atom. The number of likely N-dealkylation sites (N-methyl/N-ethyl adjacent to an activating group) is 2. The molecule has 0 spiro atoms. The van der Waals surface area contributed by atoms with Gasteiger partial charge in [0.05, 0.1) is 6.54 Å². The first-order valence-corrected chi connectivity index (χ1v) is 7.28. The Bertz CT molecular complexity index is 288. The molecule has 0 aliphatic heterocycles. The highest BCUT2D eigenvalue weighted by molar-refractivity contribution is 5.84. The molecular formula is C14H27N3O2. The molecule has 0 aromatic rings. The van der Waals surface area contributed by atoms with E-state index in [4.69, 9.17) is 0 Å². The SMILES string of the molecule is CNCCN(C)C(=O)CNC(=O)CCC1CCCC1. The van der Waals surface area contributed by atoms with Crippen LogP contribution in [0.25, 0.3) is 0 Å². The molecule has 0 aromatic heterocycles. The molecule has 0 unspecified atom stereocenters. The normalized spacial score (nSPS) is 15.5. The highest BCUT2D eigenvalue weighted by atomic mass is 16.2. The Kier molecular flexibility index (Phi) is 7.48. The number of hydrogen-bond donors (Lipinski definition) is 2. The molecule has 1 saturated carbocycles. The maximum Gasteiger partial charge on any atom is 0.241 e. The first kappa shape index (κ1) is 16.0. The lowest BCUT2D eigenvalue weighted by Gasteiger charge is -2.17. The quantitative estimate of drug-likeness (QED) is 0.683. The molecule has 5 heteroatoms. The summed E-state index contributed by atoms with van der Waals surface area (Å²) >= 11 is 0. The predicted molar refractivity (Wildman–Crippen MR) is 75.8 cm³/mol. The third kappa shape index (κ3) is 6.57. The molecule has 0 aromatic carbocycles. The van der Waals surface area contributed by atoms with E-state index in [-0.39, 0.29) is 18.4 Å². The van der Waals surface area contributed by atoms with E-state index >= 15 is 0 Å². The fourth-order valence-corrected chi connectivity index (χ4v) is 2.44. The third-order valence-corrected chi connectivity index (χ3v) is 3.81. The zero-order valence-electron chi connectivity index (χ0n) is 12.2. The summed E-state index contributed by atoms with van der Waals surface area (Å²) in [5.74, 6) is 0.687. The minimum absolute atomic E-state index is 0.00210.